The fourth-order valence-electron chi connectivity index (χ4n) is 1.28. The predicted octanol–water partition coefficient (Wildman–Crippen LogP) is 1.45. The Kier molecular flexibility index (Phi) is 2.49. The SMILES string of the molecule is COc1ccnc(-c2cccc(=O)[nH]2)c1. The van der Waals surface area contributed by atoms with Gasteiger partial charge in [0, 0.05) is 18.3 Å². The van der Waals surface area contributed by atoms with Crippen LogP contribution in [0.3, 0.4) is 0 Å². The zero-order valence-electron chi connectivity index (χ0n) is 8.23. The lowest BCUT2D eigenvalue weighted by atomic mass is 10.2. The molecule has 76 valence electrons. The van der Waals surface area contributed by atoms with Crippen LogP contribution in [0.25, 0.3) is 11.4 Å². The average molecular weight is 202 g/mol. The van der Waals surface area contributed by atoms with Gasteiger partial charge in [-0.15, -0.1) is 0 Å². The van der Waals surface area contributed by atoms with E-state index in [1.54, 1.807) is 37.6 Å². The van der Waals surface area contributed by atoms with E-state index in [2.05, 4.69) is 9.97 Å². The highest BCUT2D eigenvalue weighted by Crippen LogP contribution is 2.17. The van der Waals surface area contributed by atoms with Crippen molar-refractivity contribution >= 4 is 0 Å². The molecule has 0 saturated heterocycles. The lowest BCUT2D eigenvalue weighted by molar-refractivity contribution is 0.414. The van der Waals surface area contributed by atoms with Gasteiger partial charge in [-0.2, -0.15) is 0 Å². The van der Waals surface area contributed by atoms with Crippen LogP contribution in [0.2, 0.25) is 0 Å². The van der Waals surface area contributed by atoms with Crippen molar-refractivity contribution in [2.75, 3.05) is 7.11 Å². The average Bonchev–Trinajstić information content (AvgIpc) is 2.29. The topological polar surface area (TPSA) is 55.0 Å². The first-order valence-corrected chi connectivity index (χ1v) is 4.49. The van der Waals surface area contributed by atoms with Gasteiger partial charge in [0.2, 0.25) is 5.56 Å². The number of aromatic amines is 1. The normalized spacial score (nSPS) is 9.93. The summed E-state index contributed by atoms with van der Waals surface area (Å²) < 4.78 is 5.07. The van der Waals surface area contributed by atoms with Crippen molar-refractivity contribution in [2.24, 2.45) is 0 Å². The fraction of sp³-hybridized carbons (Fsp3) is 0.0909. The highest BCUT2D eigenvalue weighted by molar-refractivity contribution is 5.55. The molecular weight excluding hydrogens is 192 g/mol. The molecule has 2 aromatic rings. The maximum atomic E-state index is 11.1. The van der Waals surface area contributed by atoms with E-state index in [0.717, 1.165) is 0 Å². The highest BCUT2D eigenvalue weighted by atomic mass is 16.5. The van der Waals surface area contributed by atoms with E-state index in [4.69, 9.17) is 4.74 Å². The zero-order chi connectivity index (χ0) is 10.7. The van der Waals surface area contributed by atoms with Gasteiger partial charge in [0.05, 0.1) is 18.5 Å². The summed E-state index contributed by atoms with van der Waals surface area (Å²) >= 11 is 0. The van der Waals surface area contributed by atoms with E-state index < -0.39 is 0 Å². The first-order valence-electron chi connectivity index (χ1n) is 4.49. The number of ether oxygens (including phenoxy) is 1. The highest BCUT2D eigenvalue weighted by Gasteiger charge is 2.00. The van der Waals surface area contributed by atoms with E-state index in [9.17, 15) is 4.79 Å². The number of hydrogen-bond acceptors (Lipinski definition) is 3. The Morgan fingerprint density at radius 1 is 1.33 bits per heavy atom. The molecule has 0 unspecified atom stereocenters. The summed E-state index contributed by atoms with van der Waals surface area (Å²) in [6.45, 7) is 0. The number of nitrogens with zero attached hydrogens (tertiary/aromatic N) is 1. The van der Waals surface area contributed by atoms with Crippen molar-refractivity contribution in [1.29, 1.82) is 0 Å². The lowest BCUT2D eigenvalue weighted by Crippen LogP contribution is -2.04. The van der Waals surface area contributed by atoms with Gasteiger partial charge in [0.1, 0.15) is 5.75 Å². The van der Waals surface area contributed by atoms with Gasteiger partial charge in [-0.25, -0.2) is 0 Å². The number of pyridine rings is 2. The molecule has 0 radical (unpaired) electrons. The van der Waals surface area contributed by atoms with E-state index in [1.165, 1.54) is 6.07 Å². The molecule has 4 nitrogen and oxygen atoms in total. The van der Waals surface area contributed by atoms with Crippen LogP contribution < -0.4 is 10.3 Å². The standard InChI is InChI=1S/C11H10N2O2/c1-15-8-5-6-12-10(7-8)9-3-2-4-11(14)13-9/h2-7H,1H3,(H,13,14). The molecule has 4 heteroatoms. The Labute approximate surface area is 86.6 Å². The summed E-state index contributed by atoms with van der Waals surface area (Å²) in [5.74, 6) is 0.713. The van der Waals surface area contributed by atoms with Gasteiger partial charge in [-0.3, -0.25) is 9.78 Å². The summed E-state index contributed by atoms with van der Waals surface area (Å²) in [5, 5.41) is 0. The van der Waals surface area contributed by atoms with Crippen molar-refractivity contribution in [1.82, 2.24) is 9.97 Å². The lowest BCUT2D eigenvalue weighted by Gasteiger charge is -2.02. The van der Waals surface area contributed by atoms with Crippen molar-refractivity contribution in [3.63, 3.8) is 0 Å². The molecule has 2 heterocycles. The molecule has 15 heavy (non-hydrogen) atoms. The maximum Gasteiger partial charge on any atom is 0.248 e. The summed E-state index contributed by atoms with van der Waals surface area (Å²) in [6.07, 6.45) is 1.64. The van der Waals surface area contributed by atoms with Crippen molar-refractivity contribution in [2.45, 2.75) is 0 Å². The molecule has 0 aromatic carbocycles. The fourth-order valence-corrected chi connectivity index (χ4v) is 1.28. The summed E-state index contributed by atoms with van der Waals surface area (Å²) in [5.41, 5.74) is 1.23. The van der Waals surface area contributed by atoms with Gasteiger partial charge in [0.25, 0.3) is 0 Å². The minimum absolute atomic E-state index is 0.142. The number of nitrogens with one attached hydrogen (secondary N) is 1. The minimum Gasteiger partial charge on any atom is -0.497 e. The number of rotatable bonds is 2. The number of methoxy groups -OCH3 is 1. The van der Waals surface area contributed by atoms with Crippen LogP contribution in [0.15, 0.2) is 41.3 Å². The van der Waals surface area contributed by atoms with E-state index in [1.807, 2.05) is 0 Å². The second-order valence-corrected chi connectivity index (χ2v) is 3.01. The van der Waals surface area contributed by atoms with Gasteiger partial charge in [0.15, 0.2) is 0 Å². The summed E-state index contributed by atoms with van der Waals surface area (Å²) in [4.78, 5) is 18.0. The quantitative estimate of drug-likeness (QED) is 0.801. The first-order chi connectivity index (χ1) is 7.29. The molecule has 0 spiro atoms. The Balaban J connectivity index is 2.49. The molecule has 0 aliphatic carbocycles. The molecular formula is C11H10N2O2. The molecule has 0 amide bonds. The van der Waals surface area contributed by atoms with Crippen LogP contribution in [0.4, 0.5) is 0 Å². The smallest absolute Gasteiger partial charge is 0.248 e. The molecule has 0 bridgehead atoms. The van der Waals surface area contributed by atoms with Crippen LogP contribution in [-0.2, 0) is 0 Å². The van der Waals surface area contributed by atoms with E-state index >= 15 is 0 Å². The number of hydrogen-bond donors (Lipinski definition) is 1. The van der Waals surface area contributed by atoms with Crippen LogP contribution in [0.1, 0.15) is 0 Å². The Morgan fingerprint density at radius 3 is 2.93 bits per heavy atom. The third-order valence-corrected chi connectivity index (χ3v) is 2.01. The van der Waals surface area contributed by atoms with E-state index in [0.29, 0.717) is 17.1 Å². The number of aromatic nitrogens is 2. The van der Waals surface area contributed by atoms with E-state index in [-0.39, 0.29) is 5.56 Å². The monoisotopic (exact) mass is 202 g/mol. The zero-order valence-corrected chi connectivity index (χ0v) is 8.23. The first kappa shape index (κ1) is 9.45. The molecule has 1 N–H and O–H groups in total. The molecule has 0 fully saturated rings. The Morgan fingerprint density at radius 2 is 2.20 bits per heavy atom. The van der Waals surface area contributed by atoms with Crippen LogP contribution in [0, 0.1) is 0 Å². The maximum absolute atomic E-state index is 11.1. The molecule has 2 aromatic heterocycles. The van der Waals surface area contributed by atoms with Gasteiger partial charge < -0.3 is 9.72 Å². The molecule has 0 atom stereocenters. The molecule has 2 rings (SSSR count). The third kappa shape index (κ3) is 2.04. The second-order valence-electron chi connectivity index (χ2n) is 3.01. The third-order valence-electron chi connectivity index (χ3n) is 2.01. The Bertz CT molecular complexity index is 520. The largest absolute Gasteiger partial charge is 0.497 e. The minimum atomic E-state index is -0.142. The van der Waals surface area contributed by atoms with Crippen LogP contribution >= 0.6 is 0 Å². The summed E-state index contributed by atoms with van der Waals surface area (Å²) in [6, 6.07) is 8.47. The number of H-pyrrole nitrogens is 1. The van der Waals surface area contributed by atoms with Crippen LogP contribution in [-0.4, -0.2) is 17.1 Å². The van der Waals surface area contributed by atoms with Crippen molar-refractivity contribution < 1.29 is 4.74 Å². The van der Waals surface area contributed by atoms with Crippen molar-refractivity contribution in [3.8, 4) is 17.1 Å². The summed E-state index contributed by atoms with van der Waals surface area (Å²) in [7, 11) is 1.59. The van der Waals surface area contributed by atoms with Crippen LogP contribution in [0.5, 0.6) is 5.75 Å². The van der Waals surface area contributed by atoms with Crippen molar-refractivity contribution in [3.05, 3.63) is 46.9 Å². The molecule has 0 aliphatic heterocycles. The van der Waals surface area contributed by atoms with Gasteiger partial charge in [-0.1, -0.05) is 6.07 Å². The van der Waals surface area contributed by atoms with Gasteiger partial charge in [-0.05, 0) is 12.1 Å². The second kappa shape index (κ2) is 3.96. The Hall–Kier alpha value is -2.10. The predicted molar refractivity (Wildman–Crippen MR) is 56.8 cm³/mol. The molecule has 0 saturated carbocycles. The van der Waals surface area contributed by atoms with Gasteiger partial charge >= 0.3 is 0 Å². The molecule has 0 aliphatic rings.